The molecule has 4 rings (SSSR count). The van der Waals surface area contributed by atoms with Gasteiger partial charge in [0.15, 0.2) is 5.78 Å². The molecule has 0 spiro atoms. The maximum absolute atomic E-state index is 13.7. The molecule has 0 saturated heterocycles. The third-order valence-electron chi connectivity index (χ3n) is 7.20. The smallest absolute Gasteiger partial charge is 0.426 e. The van der Waals surface area contributed by atoms with E-state index in [9.17, 15) is 14.4 Å². The fourth-order valence-electron chi connectivity index (χ4n) is 4.59. The van der Waals surface area contributed by atoms with Gasteiger partial charge in [-0.3, -0.25) is 19.5 Å². The Morgan fingerprint density at radius 1 is 1.02 bits per heavy atom. The number of ether oxygens (including phenoxy) is 2. The number of Topliss-reactive ketones (excluding diaryl/α,β-unsaturated/α-hetero) is 1. The summed E-state index contributed by atoms with van der Waals surface area (Å²) in [6, 6.07) is 17.9. The van der Waals surface area contributed by atoms with Gasteiger partial charge in [-0.05, 0) is 23.2 Å². The van der Waals surface area contributed by atoms with Crippen LogP contribution in [0.3, 0.4) is 0 Å². The highest BCUT2D eigenvalue weighted by molar-refractivity contribution is 6.76. The van der Waals surface area contributed by atoms with Crippen molar-refractivity contribution in [3.05, 3.63) is 77.6 Å². The highest BCUT2D eigenvalue weighted by Gasteiger charge is 2.43. The lowest BCUT2D eigenvalue weighted by Gasteiger charge is -2.41. The number of hydrogen-bond donors (Lipinski definition) is 1. The summed E-state index contributed by atoms with van der Waals surface area (Å²) in [6.07, 6.45) is 1.40. The van der Waals surface area contributed by atoms with Gasteiger partial charge in [0, 0.05) is 26.3 Å². The van der Waals surface area contributed by atoms with Gasteiger partial charge in [0.05, 0.1) is 37.3 Å². The highest BCUT2D eigenvalue weighted by Crippen LogP contribution is 2.33. The van der Waals surface area contributed by atoms with Gasteiger partial charge in [0.2, 0.25) is 6.29 Å². The standard InChI is InChI=1S/C32H43N5O5Si/c1-32(2,3)28(38)21-35-26(23-41-16-17-43(4,5)6)20-36(34-30(40)42-22-24-12-8-7-9-13-24)31(35)37-27-15-11-10-14-25(27)18-33-19-29(37)39/h7-15,19-20,31H,16-18,21-23H2,1-6H3,(H,34,40). The SMILES string of the molecule is CC(C)(C)C(=O)CN1C(COCC[Si](C)(C)C)=CN(NC(=O)OCc2ccccc2)C1N1C(=O)C=NCc2ccccc21. The second kappa shape index (κ2) is 13.6. The number of rotatable bonds is 11. The monoisotopic (exact) mass is 605 g/mol. The number of amides is 2. The number of fused-ring (bicyclic) bond motifs is 1. The van der Waals surface area contributed by atoms with Crippen LogP contribution in [-0.2, 0) is 32.2 Å². The molecular weight excluding hydrogens is 562 g/mol. The molecule has 0 bridgehead atoms. The molecule has 2 aromatic rings. The molecule has 43 heavy (non-hydrogen) atoms. The number of nitrogens with zero attached hydrogens (tertiary/aromatic N) is 4. The predicted molar refractivity (Wildman–Crippen MR) is 170 cm³/mol. The average Bonchev–Trinajstić information content (AvgIpc) is 3.16. The Morgan fingerprint density at radius 3 is 2.42 bits per heavy atom. The first-order valence-corrected chi connectivity index (χ1v) is 18.3. The van der Waals surface area contributed by atoms with Crippen LogP contribution in [0.4, 0.5) is 10.5 Å². The zero-order valence-electron chi connectivity index (χ0n) is 26.0. The molecule has 0 radical (unpaired) electrons. The Kier molecular flexibility index (Phi) is 10.1. The number of hydrogen-bond acceptors (Lipinski definition) is 8. The number of hydrazine groups is 1. The summed E-state index contributed by atoms with van der Waals surface area (Å²) in [5.74, 6) is -0.398. The van der Waals surface area contributed by atoms with Crippen LogP contribution in [0.15, 0.2) is 71.5 Å². The van der Waals surface area contributed by atoms with Crippen molar-refractivity contribution in [2.45, 2.75) is 65.9 Å². The number of benzene rings is 2. The van der Waals surface area contributed by atoms with E-state index in [1.165, 1.54) is 11.2 Å². The lowest BCUT2D eigenvalue weighted by Crippen LogP contribution is -2.61. The van der Waals surface area contributed by atoms with E-state index in [0.29, 0.717) is 24.5 Å². The largest absolute Gasteiger partial charge is 0.443 e. The van der Waals surface area contributed by atoms with Crippen molar-refractivity contribution in [3.8, 4) is 0 Å². The average molecular weight is 606 g/mol. The van der Waals surface area contributed by atoms with Gasteiger partial charge in [-0.15, -0.1) is 0 Å². The van der Waals surface area contributed by atoms with Crippen LogP contribution in [0.1, 0.15) is 31.9 Å². The number of aliphatic imine (C=N–C) groups is 1. The van der Waals surface area contributed by atoms with Crippen molar-refractivity contribution in [1.29, 1.82) is 0 Å². The number of carbonyl (C=O) groups is 3. The van der Waals surface area contributed by atoms with Crippen LogP contribution in [0.5, 0.6) is 0 Å². The van der Waals surface area contributed by atoms with E-state index in [1.807, 2.05) is 80.3 Å². The minimum absolute atomic E-state index is 0.00227. The predicted octanol–water partition coefficient (Wildman–Crippen LogP) is 5.16. The number of ketones is 1. The van der Waals surface area contributed by atoms with Gasteiger partial charge in [0.1, 0.15) is 6.61 Å². The Balaban J connectivity index is 1.69. The Hall–Kier alpha value is -3.96. The van der Waals surface area contributed by atoms with Crippen LogP contribution in [0.2, 0.25) is 25.7 Å². The Morgan fingerprint density at radius 2 is 1.72 bits per heavy atom. The molecule has 0 fully saturated rings. The first kappa shape index (κ1) is 32.0. The van der Waals surface area contributed by atoms with Crippen LogP contribution < -0.4 is 10.3 Å². The molecule has 1 unspecified atom stereocenters. The molecule has 10 nitrogen and oxygen atoms in total. The van der Waals surface area contributed by atoms with E-state index in [4.69, 9.17) is 9.47 Å². The molecule has 2 heterocycles. The fraction of sp³-hybridized carbons (Fsp3) is 0.438. The Labute approximate surface area is 255 Å². The number of carbonyl (C=O) groups excluding carboxylic acids is 3. The first-order valence-electron chi connectivity index (χ1n) is 14.6. The van der Waals surface area contributed by atoms with Gasteiger partial charge in [-0.1, -0.05) is 88.9 Å². The van der Waals surface area contributed by atoms with Gasteiger partial charge >= 0.3 is 6.09 Å². The van der Waals surface area contributed by atoms with Crippen molar-refractivity contribution in [2.75, 3.05) is 24.7 Å². The summed E-state index contributed by atoms with van der Waals surface area (Å²) in [6.45, 7) is 13.6. The molecule has 2 aliphatic rings. The second-order valence-corrected chi connectivity index (χ2v) is 18.6. The van der Waals surface area contributed by atoms with E-state index >= 15 is 0 Å². The molecular formula is C32H43N5O5Si. The third-order valence-corrected chi connectivity index (χ3v) is 8.90. The quantitative estimate of drug-likeness (QED) is 0.279. The minimum Gasteiger partial charge on any atom is -0.443 e. The molecule has 0 aliphatic carbocycles. The maximum atomic E-state index is 13.7. The number of anilines is 1. The van der Waals surface area contributed by atoms with E-state index in [-0.39, 0.29) is 31.4 Å². The summed E-state index contributed by atoms with van der Waals surface area (Å²) in [4.78, 5) is 48.0. The molecule has 0 aromatic heterocycles. The van der Waals surface area contributed by atoms with Crippen LogP contribution in [0.25, 0.3) is 0 Å². The number of para-hydroxylation sites is 1. The zero-order chi connectivity index (χ0) is 31.2. The molecule has 2 aliphatic heterocycles. The lowest BCUT2D eigenvalue weighted by molar-refractivity contribution is -0.128. The number of nitrogens with one attached hydrogen (secondary N) is 1. The van der Waals surface area contributed by atoms with Gasteiger partial charge in [-0.25, -0.2) is 15.2 Å². The molecule has 0 saturated carbocycles. The lowest BCUT2D eigenvalue weighted by atomic mass is 9.90. The Bertz CT molecular complexity index is 1370. The first-order chi connectivity index (χ1) is 20.3. The van der Waals surface area contributed by atoms with Crippen molar-refractivity contribution >= 4 is 37.8 Å². The van der Waals surface area contributed by atoms with E-state index in [0.717, 1.165) is 17.2 Å². The summed E-state index contributed by atoms with van der Waals surface area (Å²) >= 11 is 0. The molecule has 2 amide bonds. The summed E-state index contributed by atoms with van der Waals surface area (Å²) < 4.78 is 11.6. The molecule has 11 heteroatoms. The van der Waals surface area contributed by atoms with E-state index in [2.05, 4.69) is 30.1 Å². The summed E-state index contributed by atoms with van der Waals surface area (Å²) in [5.41, 5.74) is 5.16. The van der Waals surface area contributed by atoms with Crippen molar-refractivity contribution in [1.82, 2.24) is 15.3 Å². The van der Waals surface area contributed by atoms with E-state index < -0.39 is 25.9 Å². The second-order valence-electron chi connectivity index (χ2n) is 13.0. The third kappa shape index (κ3) is 8.54. The zero-order valence-corrected chi connectivity index (χ0v) is 27.0. The van der Waals surface area contributed by atoms with Gasteiger partial charge in [0.25, 0.3) is 5.91 Å². The summed E-state index contributed by atoms with van der Waals surface area (Å²) in [5, 5.41) is 1.52. The molecule has 1 N–H and O–H groups in total. The van der Waals surface area contributed by atoms with Gasteiger partial charge in [-0.2, -0.15) is 0 Å². The summed E-state index contributed by atoms with van der Waals surface area (Å²) in [7, 11) is -1.33. The van der Waals surface area contributed by atoms with Gasteiger partial charge < -0.3 is 14.4 Å². The van der Waals surface area contributed by atoms with Crippen LogP contribution in [-0.4, -0.2) is 68.0 Å². The molecule has 2 aromatic carbocycles. The highest BCUT2D eigenvalue weighted by atomic mass is 28.3. The normalized spacial score (nSPS) is 17.0. The minimum atomic E-state index is -1.33. The van der Waals surface area contributed by atoms with Crippen molar-refractivity contribution < 1.29 is 23.9 Å². The maximum Gasteiger partial charge on any atom is 0.426 e. The van der Waals surface area contributed by atoms with Crippen LogP contribution >= 0.6 is 0 Å². The topological polar surface area (TPSA) is 104 Å². The molecule has 230 valence electrons. The fourth-order valence-corrected chi connectivity index (χ4v) is 5.34. The molecule has 1 atom stereocenters. The van der Waals surface area contributed by atoms with Crippen molar-refractivity contribution in [3.63, 3.8) is 0 Å². The van der Waals surface area contributed by atoms with Crippen molar-refractivity contribution in [2.24, 2.45) is 10.4 Å². The van der Waals surface area contributed by atoms with E-state index in [1.54, 1.807) is 11.1 Å². The van der Waals surface area contributed by atoms with Crippen LogP contribution in [0, 0.1) is 5.41 Å².